The largest absolute Gasteiger partial charge is 0.356 e. The average molecular weight is 347 g/mol. The van der Waals surface area contributed by atoms with E-state index < -0.39 is 0 Å². The van der Waals surface area contributed by atoms with Crippen LogP contribution in [0.4, 0.5) is 0 Å². The quantitative estimate of drug-likeness (QED) is 0.583. The highest BCUT2D eigenvalue weighted by Gasteiger charge is 2.17. The van der Waals surface area contributed by atoms with Gasteiger partial charge in [0.2, 0.25) is 11.7 Å². The molecule has 0 fully saturated rings. The van der Waals surface area contributed by atoms with E-state index in [-0.39, 0.29) is 18.1 Å². The monoisotopic (exact) mass is 346 g/mol. The number of carbonyl (C=O) groups is 2. The molecule has 1 amide bonds. The topological polar surface area (TPSA) is 51.1 Å². The van der Waals surface area contributed by atoms with Crippen LogP contribution in [0.2, 0.25) is 5.02 Å². The first-order chi connectivity index (χ1) is 11.6. The van der Waals surface area contributed by atoms with Crippen LogP contribution in [0.5, 0.6) is 0 Å². The fourth-order valence-corrected chi connectivity index (χ4v) is 2.74. The maximum Gasteiger partial charge on any atom is 0.225 e. The third-order valence-electron chi connectivity index (χ3n) is 3.92. The molecule has 1 N–H and O–H groups in total. The third kappa shape index (κ3) is 4.48. The molecule has 1 heterocycles. The molecule has 1 aromatic carbocycles. The van der Waals surface area contributed by atoms with Crippen molar-refractivity contribution in [3.05, 3.63) is 58.4 Å². The van der Waals surface area contributed by atoms with Crippen LogP contribution in [0.3, 0.4) is 0 Å². The van der Waals surface area contributed by atoms with Gasteiger partial charge in [-0.25, -0.2) is 0 Å². The van der Waals surface area contributed by atoms with Crippen molar-refractivity contribution in [1.82, 2.24) is 9.88 Å². The number of unbranched alkanes of at least 4 members (excludes halogenated alkanes) is 1. The minimum absolute atomic E-state index is 0.0123. The standard InChI is InChI=1S/C19H23ClN2O2/c1-3-5-12-21-18(23)13-16-10-11-17(22(16)4-2)19(24)14-6-8-15(20)9-7-14/h6-11H,3-5,12-13H2,1-2H3,(H,21,23). The Labute approximate surface area is 147 Å². The van der Waals surface area contributed by atoms with E-state index in [4.69, 9.17) is 11.6 Å². The molecule has 0 saturated heterocycles. The second-order valence-corrected chi connectivity index (χ2v) is 6.11. The fourth-order valence-electron chi connectivity index (χ4n) is 2.62. The molecule has 0 aliphatic rings. The van der Waals surface area contributed by atoms with E-state index >= 15 is 0 Å². The lowest BCUT2D eigenvalue weighted by Gasteiger charge is -2.11. The SMILES string of the molecule is CCCCNC(=O)Cc1ccc(C(=O)c2ccc(Cl)cc2)n1CC. The molecule has 2 rings (SSSR count). The zero-order valence-corrected chi connectivity index (χ0v) is 14.9. The highest BCUT2D eigenvalue weighted by molar-refractivity contribution is 6.30. The predicted octanol–water partition coefficient (Wildman–Crippen LogP) is 3.85. The molecule has 0 radical (unpaired) electrons. The molecule has 0 bridgehead atoms. The van der Waals surface area contributed by atoms with Gasteiger partial charge in [-0.05, 0) is 49.7 Å². The number of benzene rings is 1. The summed E-state index contributed by atoms with van der Waals surface area (Å²) in [5.74, 6) is -0.0760. The summed E-state index contributed by atoms with van der Waals surface area (Å²) >= 11 is 5.87. The van der Waals surface area contributed by atoms with E-state index in [0.29, 0.717) is 29.4 Å². The summed E-state index contributed by atoms with van der Waals surface area (Å²) in [4.78, 5) is 24.7. The van der Waals surface area contributed by atoms with Gasteiger partial charge in [-0.1, -0.05) is 24.9 Å². The molecule has 0 aliphatic heterocycles. The van der Waals surface area contributed by atoms with Gasteiger partial charge in [0.15, 0.2) is 0 Å². The Morgan fingerprint density at radius 3 is 2.42 bits per heavy atom. The summed E-state index contributed by atoms with van der Waals surface area (Å²) in [6.07, 6.45) is 2.30. The second kappa shape index (κ2) is 8.69. The van der Waals surface area contributed by atoms with Crippen LogP contribution < -0.4 is 5.32 Å². The normalized spacial score (nSPS) is 10.6. The summed E-state index contributed by atoms with van der Waals surface area (Å²) in [5.41, 5.74) is 2.03. The summed E-state index contributed by atoms with van der Waals surface area (Å²) in [5, 5.41) is 3.51. The van der Waals surface area contributed by atoms with E-state index in [2.05, 4.69) is 12.2 Å². The Bertz CT molecular complexity index is 705. The summed E-state index contributed by atoms with van der Waals surface area (Å²) < 4.78 is 1.90. The van der Waals surface area contributed by atoms with E-state index in [1.165, 1.54) is 0 Å². The summed E-state index contributed by atoms with van der Waals surface area (Å²) in [7, 11) is 0. The van der Waals surface area contributed by atoms with Gasteiger partial charge in [-0.2, -0.15) is 0 Å². The van der Waals surface area contributed by atoms with E-state index in [1.54, 1.807) is 30.3 Å². The Hall–Kier alpha value is -2.07. The number of hydrogen-bond acceptors (Lipinski definition) is 2. The number of hydrogen-bond donors (Lipinski definition) is 1. The molecule has 4 nitrogen and oxygen atoms in total. The highest BCUT2D eigenvalue weighted by atomic mass is 35.5. The van der Waals surface area contributed by atoms with Gasteiger partial charge >= 0.3 is 0 Å². The first kappa shape index (κ1) is 18.3. The molecule has 0 spiro atoms. The van der Waals surface area contributed by atoms with Crippen molar-refractivity contribution in [2.75, 3.05) is 6.54 Å². The van der Waals surface area contributed by atoms with Crippen molar-refractivity contribution >= 4 is 23.3 Å². The van der Waals surface area contributed by atoms with Crippen molar-refractivity contribution in [1.29, 1.82) is 0 Å². The van der Waals surface area contributed by atoms with Crippen molar-refractivity contribution < 1.29 is 9.59 Å². The van der Waals surface area contributed by atoms with Gasteiger partial charge in [0.1, 0.15) is 0 Å². The van der Waals surface area contributed by atoms with Gasteiger partial charge in [-0.3, -0.25) is 9.59 Å². The lowest BCUT2D eigenvalue weighted by atomic mass is 10.1. The maximum atomic E-state index is 12.7. The van der Waals surface area contributed by atoms with Crippen molar-refractivity contribution in [2.24, 2.45) is 0 Å². The number of amides is 1. The fraction of sp³-hybridized carbons (Fsp3) is 0.368. The Kier molecular flexibility index (Phi) is 6.62. The van der Waals surface area contributed by atoms with Crippen LogP contribution in [0.1, 0.15) is 48.4 Å². The second-order valence-electron chi connectivity index (χ2n) is 5.67. The number of halogens is 1. The van der Waals surface area contributed by atoms with E-state index in [9.17, 15) is 9.59 Å². The molecular weight excluding hydrogens is 324 g/mol. The maximum absolute atomic E-state index is 12.7. The van der Waals surface area contributed by atoms with Crippen molar-refractivity contribution in [3.8, 4) is 0 Å². The first-order valence-electron chi connectivity index (χ1n) is 8.32. The van der Waals surface area contributed by atoms with Crippen LogP contribution in [-0.2, 0) is 17.8 Å². The van der Waals surface area contributed by atoms with Crippen molar-refractivity contribution in [3.63, 3.8) is 0 Å². The number of nitrogens with one attached hydrogen (secondary N) is 1. The molecule has 2 aromatic rings. The number of ketones is 1. The van der Waals surface area contributed by atoms with Gasteiger partial charge < -0.3 is 9.88 Å². The van der Waals surface area contributed by atoms with Crippen molar-refractivity contribution in [2.45, 2.75) is 39.7 Å². The highest BCUT2D eigenvalue weighted by Crippen LogP contribution is 2.17. The van der Waals surface area contributed by atoms with Crippen LogP contribution in [0.15, 0.2) is 36.4 Å². The molecule has 0 atom stereocenters. The zero-order valence-electron chi connectivity index (χ0n) is 14.1. The van der Waals surface area contributed by atoms with Crippen LogP contribution in [-0.4, -0.2) is 22.8 Å². The smallest absolute Gasteiger partial charge is 0.225 e. The molecule has 5 heteroatoms. The minimum atomic E-state index is -0.0637. The molecular formula is C19H23ClN2O2. The van der Waals surface area contributed by atoms with Gasteiger partial charge in [0.25, 0.3) is 0 Å². The molecule has 24 heavy (non-hydrogen) atoms. The van der Waals surface area contributed by atoms with E-state index in [0.717, 1.165) is 18.5 Å². The van der Waals surface area contributed by atoms with Crippen LogP contribution in [0.25, 0.3) is 0 Å². The molecule has 1 aromatic heterocycles. The number of carbonyl (C=O) groups excluding carboxylic acids is 2. The Balaban J connectivity index is 2.15. The van der Waals surface area contributed by atoms with Crippen LogP contribution in [0, 0.1) is 0 Å². The molecule has 0 aliphatic carbocycles. The van der Waals surface area contributed by atoms with Crippen LogP contribution >= 0.6 is 11.6 Å². The Morgan fingerprint density at radius 2 is 1.79 bits per heavy atom. The third-order valence-corrected chi connectivity index (χ3v) is 4.17. The number of aromatic nitrogens is 1. The van der Waals surface area contributed by atoms with Gasteiger partial charge in [-0.15, -0.1) is 0 Å². The summed E-state index contributed by atoms with van der Waals surface area (Å²) in [6, 6.07) is 10.5. The Morgan fingerprint density at radius 1 is 1.08 bits per heavy atom. The van der Waals surface area contributed by atoms with E-state index in [1.807, 2.05) is 17.6 Å². The zero-order chi connectivity index (χ0) is 17.5. The molecule has 0 unspecified atom stereocenters. The molecule has 0 saturated carbocycles. The predicted molar refractivity (Wildman–Crippen MR) is 96.6 cm³/mol. The first-order valence-corrected chi connectivity index (χ1v) is 8.70. The lowest BCUT2D eigenvalue weighted by Crippen LogP contribution is -2.27. The summed E-state index contributed by atoms with van der Waals surface area (Å²) in [6.45, 7) is 5.39. The minimum Gasteiger partial charge on any atom is -0.356 e. The average Bonchev–Trinajstić information content (AvgIpc) is 2.97. The number of nitrogens with zero attached hydrogens (tertiary/aromatic N) is 1. The molecule has 128 valence electrons. The van der Waals surface area contributed by atoms with Gasteiger partial charge in [0.05, 0.1) is 12.1 Å². The lowest BCUT2D eigenvalue weighted by molar-refractivity contribution is -0.120. The van der Waals surface area contributed by atoms with Gasteiger partial charge in [0, 0.05) is 29.4 Å². The number of rotatable bonds is 8.